The molecule has 6 aliphatic rings. The third kappa shape index (κ3) is 2.86. The number of hydroxylamine groups is 3. The fourth-order valence-electron chi connectivity index (χ4n) is 10.8. The first kappa shape index (κ1) is 22.0. The van der Waals surface area contributed by atoms with Gasteiger partial charge in [-0.05, 0) is 81.0 Å². The highest BCUT2D eigenvalue weighted by Gasteiger charge is 2.68. The number of aliphatic hydroxyl groups excluding tert-OH is 1. The number of quaternary nitrogens is 1. The lowest BCUT2D eigenvalue weighted by Gasteiger charge is -2.60. The number of hydrogen-bond acceptors (Lipinski definition) is 4. The molecular formula is C27H44NO4+. The third-order valence-electron chi connectivity index (χ3n) is 12.1. The molecule has 2 aliphatic heterocycles. The lowest BCUT2D eigenvalue weighted by molar-refractivity contribution is -1.14. The average molecular weight is 447 g/mol. The third-order valence-corrected chi connectivity index (χ3v) is 12.1. The highest BCUT2D eigenvalue weighted by molar-refractivity contribution is 5.83. The maximum absolute atomic E-state index is 13.3. The number of carbonyl (C=O) groups is 1. The zero-order valence-electron chi connectivity index (χ0n) is 20.2. The van der Waals surface area contributed by atoms with Gasteiger partial charge in [0.2, 0.25) is 0 Å². The van der Waals surface area contributed by atoms with E-state index >= 15 is 0 Å². The molecule has 0 bridgehead atoms. The van der Waals surface area contributed by atoms with Crippen molar-refractivity contribution in [1.82, 2.24) is 0 Å². The Hall–Kier alpha value is -0.490. The van der Waals surface area contributed by atoms with E-state index in [2.05, 4.69) is 13.8 Å². The van der Waals surface area contributed by atoms with Crippen LogP contribution in [0.3, 0.4) is 0 Å². The number of piperidine rings is 2. The summed E-state index contributed by atoms with van der Waals surface area (Å²) in [6.45, 7) is 8.19. The molecule has 3 N–H and O–H groups in total. The molecule has 2 saturated heterocycles. The van der Waals surface area contributed by atoms with Crippen LogP contribution in [0.15, 0.2) is 0 Å². The highest BCUT2D eigenvalue weighted by atomic mass is 16.6. The highest BCUT2D eigenvalue weighted by Crippen LogP contribution is 2.67. The number of carbonyl (C=O) groups excluding carboxylic acids is 1. The summed E-state index contributed by atoms with van der Waals surface area (Å²) < 4.78 is 0.0684. The summed E-state index contributed by atoms with van der Waals surface area (Å²) in [6.07, 6.45) is 8.19. The van der Waals surface area contributed by atoms with Crippen LogP contribution >= 0.6 is 0 Å². The van der Waals surface area contributed by atoms with E-state index in [4.69, 9.17) is 0 Å². The normalized spacial score (nSPS) is 61.8. The Labute approximate surface area is 193 Å². The first-order chi connectivity index (χ1) is 15.0. The Kier molecular flexibility index (Phi) is 4.83. The Bertz CT molecular complexity index is 794. The minimum Gasteiger partial charge on any atom is -0.393 e. The van der Waals surface area contributed by atoms with Crippen molar-refractivity contribution in [3.63, 3.8) is 0 Å². The summed E-state index contributed by atoms with van der Waals surface area (Å²) in [5.74, 6) is 3.67. The molecule has 13 atom stereocenters. The second-order valence-electron chi connectivity index (χ2n) is 13.6. The molecule has 5 heteroatoms. The smallest absolute Gasteiger partial charge is 0.148 e. The van der Waals surface area contributed by atoms with Crippen LogP contribution < -0.4 is 0 Å². The lowest BCUT2D eigenvalue weighted by Crippen LogP contribution is -2.74. The van der Waals surface area contributed by atoms with Crippen molar-refractivity contribution < 1.29 is 24.9 Å². The van der Waals surface area contributed by atoms with Gasteiger partial charge in [0.25, 0.3) is 0 Å². The van der Waals surface area contributed by atoms with Crippen LogP contribution in [0.5, 0.6) is 0 Å². The predicted octanol–water partition coefficient (Wildman–Crippen LogP) is 3.79. The van der Waals surface area contributed by atoms with Crippen molar-refractivity contribution in [2.45, 2.75) is 96.3 Å². The van der Waals surface area contributed by atoms with Crippen molar-refractivity contribution in [3.8, 4) is 0 Å². The number of fused-ring (bicyclic) bond motifs is 8. The van der Waals surface area contributed by atoms with Crippen molar-refractivity contribution in [2.75, 3.05) is 13.1 Å². The first-order valence-corrected chi connectivity index (χ1v) is 13.6. The van der Waals surface area contributed by atoms with Gasteiger partial charge in [-0.1, -0.05) is 13.8 Å². The van der Waals surface area contributed by atoms with Crippen LogP contribution in [-0.2, 0) is 4.79 Å². The minimum absolute atomic E-state index is 0.0247. The van der Waals surface area contributed by atoms with E-state index in [1.54, 1.807) is 0 Å². The van der Waals surface area contributed by atoms with Crippen LogP contribution in [-0.4, -0.2) is 56.7 Å². The number of Topliss-reactive ketones (excluding diaryl/α,β-unsaturated/α-hetero) is 1. The van der Waals surface area contributed by atoms with Crippen LogP contribution in [0.1, 0.15) is 78.6 Å². The molecule has 6 fully saturated rings. The Morgan fingerprint density at radius 2 is 1.69 bits per heavy atom. The van der Waals surface area contributed by atoms with Crippen LogP contribution in [0, 0.1) is 52.8 Å². The van der Waals surface area contributed by atoms with Crippen LogP contribution in [0.4, 0.5) is 0 Å². The van der Waals surface area contributed by atoms with E-state index in [-0.39, 0.29) is 34.0 Å². The summed E-state index contributed by atoms with van der Waals surface area (Å²) in [5, 5.41) is 34.0. The van der Waals surface area contributed by atoms with Gasteiger partial charge in [-0.15, -0.1) is 0 Å². The zero-order valence-corrected chi connectivity index (χ0v) is 20.2. The average Bonchev–Trinajstić information content (AvgIpc) is 3.08. The van der Waals surface area contributed by atoms with Crippen molar-refractivity contribution in [3.05, 3.63) is 0 Å². The Morgan fingerprint density at radius 3 is 2.47 bits per heavy atom. The second-order valence-corrected chi connectivity index (χ2v) is 13.6. The van der Waals surface area contributed by atoms with Gasteiger partial charge in [0, 0.05) is 36.5 Å². The van der Waals surface area contributed by atoms with Gasteiger partial charge >= 0.3 is 0 Å². The van der Waals surface area contributed by atoms with Gasteiger partial charge in [-0.2, -0.15) is 4.65 Å². The topological polar surface area (TPSA) is 77.8 Å². The number of nitrogens with zero attached hydrogens (tertiary/aromatic N) is 1. The molecule has 0 spiro atoms. The number of rotatable bonds is 0. The summed E-state index contributed by atoms with van der Waals surface area (Å²) >= 11 is 0. The van der Waals surface area contributed by atoms with Gasteiger partial charge in [0.15, 0.2) is 0 Å². The van der Waals surface area contributed by atoms with Gasteiger partial charge in [0.05, 0.1) is 6.10 Å². The summed E-state index contributed by atoms with van der Waals surface area (Å²) in [5.41, 5.74) is -0.787. The zero-order chi connectivity index (χ0) is 22.6. The van der Waals surface area contributed by atoms with Crippen LogP contribution in [0.2, 0.25) is 0 Å². The molecule has 2 heterocycles. The molecule has 4 saturated carbocycles. The maximum atomic E-state index is 13.3. The molecule has 0 aromatic heterocycles. The van der Waals surface area contributed by atoms with Gasteiger partial charge < -0.3 is 10.2 Å². The van der Waals surface area contributed by atoms with Gasteiger partial charge in [-0.3, -0.25) is 4.79 Å². The van der Waals surface area contributed by atoms with E-state index < -0.39 is 5.60 Å². The first-order valence-electron chi connectivity index (χ1n) is 13.6. The van der Waals surface area contributed by atoms with Crippen LogP contribution in [0.25, 0.3) is 0 Å². The fraction of sp³-hybridized carbons (Fsp3) is 0.963. The predicted molar refractivity (Wildman–Crippen MR) is 120 cm³/mol. The van der Waals surface area contributed by atoms with E-state index in [0.29, 0.717) is 54.1 Å². The Morgan fingerprint density at radius 1 is 0.906 bits per heavy atom. The maximum Gasteiger partial charge on any atom is 0.148 e. The molecule has 0 unspecified atom stereocenters. The monoisotopic (exact) mass is 446 g/mol. The van der Waals surface area contributed by atoms with Crippen molar-refractivity contribution >= 4 is 5.78 Å². The number of ketones is 1. The largest absolute Gasteiger partial charge is 0.393 e. The molecule has 6 rings (SSSR count). The molecule has 0 amide bonds. The number of aliphatic hydroxyl groups is 2. The van der Waals surface area contributed by atoms with Crippen molar-refractivity contribution in [2.24, 2.45) is 52.8 Å². The summed E-state index contributed by atoms with van der Waals surface area (Å²) in [7, 11) is 0. The van der Waals surface area contributed by atoms with Gasteiger partial charge in [-0.25, -0.2) is 5.21 Å². The Balaban J connectivity index is 1.33. The van der Waals surface area contributed by atoms with E-state index in [9.17, 15) is 20.2 Å². The SMILES string of the molecule is C[C@@H]1CC[C@H]2[C@](C)(O)[C@@H]3CC[C@@H]4[C@@H](C[C@H]5[C@H]4CC(=O)[C@H]4C[C@H](O)CC[C@@]45C)[C@H]3C[N@@+]2(O)C1. The molecular weight excluding hydrogens is 402 g/mol. The van der Waals surface area contributed by atoms with Crippen molar-refractivity contribution in [1.29, 1.82) is 0 Å². The second kappa shape index (κ2) is 7.02. The number of hydrogen-bond donors (Lipinski definition) is 3. The molecule has 0 aromatic rings. The van der Waals surface area contributed by atoms with E-state index in [1.165, 1.54) is 0 Å². The lowest BCUT2D eigenvalue weighted by atomic mass is 9.51. The van der Waals surface area contributed by atoms with E-state index in [0.717, 1.165) is 58.0 Å². The fourth-order valence-corrected chi connectivity index (χ4v) is 10.8. The summed E-state index contributed by atoms with van der Waals surface area (Å²) in [4.78, 5) is 13.3. The van der Waals surface area contributed by atoms with Gasteiger partial charge in [0.1, 0.15) is 30.5 Å². The molecule has 5 nitrogen and oxygen atoms in total. The minimum atomic E-state index is -0.812. The molecule has 180 valence electrons. The molecule has 32 heavy (non-hydrogen) atoms. The summed E-state index contributed by atoms with van der Waals surface area (Å²) in [6, 6.07) is -0.0523. The quantitative estimate of drug-likeness (QED) is 0.495. The standard InChI is InChI=1S/C27H44NO4/c1-15-4-7-25-27(3,31)21-6-5-17-18(20(21)14-28(25,32)13-15)11-22-19(17)12-24(30)23-10-16(29)8-9-26(22,23)2/h15-23,25,29,31-32H,4-14H2,1-3H3/q+1/t15-,16-,17-,18-,19+,20-,21-,22+,23-,25+,26-,27-,28+/m1/s1. The molecule has 0 radical (unpaired) electrons. The molecule has 4 aliphatic carbocycles. The van der Waals surface area contributed by atoms with E-state index in [1.807, 2.05) is 6.92 Å². The molecule has 0 aromatic carbocycles.